The van der Waals surface area contributed by atoms with Crippen LogP contribution in [-0.2, 0) is 47.2 Å². The molecule has 0 saturated carbocycles. The monoisotopic (exact) mass is 928 g/mol. The number of amides is 2. The highest BCUT2D eigenvalue weighted by atomic mass is 32.2. The first kappa shape index (κ1) is 52.7. The number of aliphatic hydroxyl groups excluding tert-OH is 5. The summed E-state index contributed by atoms with van der Waals surface area (Å²) >= 11 is 0. The Kier molecular flexibility index (Phi) is 19.4. The highest BCUT2D eigenvalue weighted by molar-refractivity contribution is 7.87. The molecule has 4 rings (SSSR count). The molecule has 2 aliphatic heterocycles. The van der Waals surface area contributed by atoms with Crippen LogP contribution in [0.4, 0.5) is 24.8 Å². The molecule has 23 nitrogen and oxygen atoms in total. The average Bonchev–Trinajstić information content (AvgIpc) is 3.58. The molecule has 0 radical (unpaired) electrons. The molecule has 0 bridgehead atoms. The first-order chi connectivity index (χ1) is 27.5. The molecule has 60 heavy (non-hydrogen) atoms. The fourth-order valence-corrected chi connectivity index (χ4v) is 6.92. The third-order valence-electron chi connectivity index (χ3n) is 7.73. The Morgan fingerprint density at radius 1 is 0.783 bits per heavy atom. The van der Waals surface area contributed by atoms with Crippen molar-refractivity contribution in [3.8, 4) is 0 Å². The van der Waals surface area contributed by atoms with E-state index >= 15 is 0 Å². The Bertz CT molecular complexity index is 2100. The number of alkyl halides is 3. The number of nitrogens with zero attached hydrogens (tertiary/aromatic N) is 4. The molecule has 342 valence electrons. The second kappa shape index (κ2) is 22.1. The molecule has 29 heteroatoms. The maximum atomic E-state index is 12.2. The number of aliphatic hydroxyl groups is 5. The molecular formula is C31H49F3N6O17P2S. The largest absolute Gasteiger partial charge is 0.523 e. The Morgan fingerprint density at radius 3 is 1.52 bits per heavy atom. The number of aromatic nitrogens is 4. The number of ether oxygens (including phenoxy) is 3. The maximum absolute atomic E-state index is 12.2. The van der Waals surface area contributed by atoms with Crippen molar-refractivity contribution in [2.24, 2.45) is 0 Å². The summed E-state index contributed by atoms with van der Waals surface area (Å²) in [5, 5.41) is 53.7. The predicted molar refractivity (Wildman–Crippen MR) is 204 cm³/mol. The van der Waals surface area contributed by atoms with E-state index in [1.807, 2.05) is 0 Å². The van der Waals surface area contributed by atoms with Crippen LogP contribution in [0, 0.1) is 0 Å². The third-order valence-corrected chi connectivity index (χ3v) is 10.5. The van der Waals surface area contributed by atoms with Crippen LogP contribution < -0.4 is 22.0 Å². The minimum absolute atomic E-state index is 0.0215. The van der Waals surface area contributed by atoms with Crippen molar-refractivity contribution in [1.82, 2.24) is 19.1 Å². The Morgan fingerprint density at radius 2 is 1.18 bits per heavy atom. The van der Waals surface area contributed by atoms with Crippen molar-refractivity contribution in [2.45, 2.75) is 81.3 Å². The molecular weight excluding hydrogens is 879 g/mol. The van der Waals surface area contributed by atoms with Crippen LogP contribution in [-0.4, -0.2) is 160 Å². The van der Waals surface area contributed by atoms with Crippen molar-refractivity contribution in [3.63, 3.8) is 0 Å². The highest BCUT2D eigenvalue weighted by Crippen LogP contribution is 2.38. The Balaban J connectivity index is 0.000000328. The van der Waals surface area contributed by atoms with Gasteiger partial charge < -0.3 is 59.5 Å². The molecule has 8 atom stereocenters. The average molecular weight is 929 g/mol. The maximum Gasteiger partial charge on any atom is 0.523 e. The quantitative estimate of drug-likeness (QED) is 0.0709. The summed E-state index contributed by atoms with van der Waals surface area (Å²) in [6.45, 7) is 8.16. The Hall–Kier alpha value is -3.46. The van der Waals surface area contributed by atoms with Crippen LogP contribution in [0.3, 0.4) is 0 Å². The van der Waals surface area contributed by atoms with Crippen molar-refractivity contribution in [2.75, 3.05) is 63.2 Å². The number of nitrogens with one attached hydrogen (secondary N) is 2. The van der Waals surface area contributed by atoms with Gasteiger partial charge in [-0.2, -0.15) is 31.6 Å². The lowest BCUT2D eigenvalue weighted by atomic mass is 10.1. The van der Waals surface area contributed by atoms with Crippen molar-refractivity contribution < 1.29 is 84.2 Å². The second-order valence-corrected chi connectivity index (χ2v) is 22.3. The van der Waals surface area contributed by atoms with E-state index in [0.717, 1.165) is 22.5 Å². The summed E-state index contributed by atoms with van der Waals surface area (Å²) in [6, 6.07) is 2.77. The van der Waals surface area contributed by atoms with Gasteiger partial charge in [0.05, 0.1) is 19.6 Å². The molecule has 4 heterocycles. The van der Waals surface area contributed by atoms with Crippen LogP contribution >= 0.6 is 14.3 Å². The van der Waals surface area contributed by atoms with E-state index in [0.29, 0.717) is 0 Å². The minimum atomic E-state index is -5.60. The summed E-state index contributed by atoms with van der Waals surface area (Å²) in [5.74, 6) is -0.390. The topological polar surface area (TPSA) is 334 Å². The zero-order valence-corrected chi connectivity index (χ0v) is 35.6. The molecule has 2 aliphatic rings. The van der Waals surface area contributed by atoms with Crippen molar-refractivity contribution in [1.29, 1.82) is 0 Å². The number of carbonyl (C=O) groups is 2. The van der Waals surface area contributed by atoms with Crippen LogP contribution in [0.1, 0.15) is 39.1 Å². The van der Waals surface area contributed by atoms with Gasteiger partial charge >= 0.3 is 27.0 Å². The van der Waals surface area contributed by atoms with E-state index in [4.69, 9.17) is 19.3 Å². The highest BCUT2D eigenvalue weighted by Gasteiger charge is 2.48. The smallest absolute Gasteiger partial charge is 0.394 e. The van der Waals surface area contributed by atoms with E-state index in [1.165, 1.54) is 24.5 Å². The Labute approximate surface area is 340 Å². The van der Waals surface area contributed by atoms with Gasteiger partial charge in [0.25, 0.3) is 0 Å². The van der Waals surface area contributed by atoms with Gasteiger partial charge in [-0.05, 0) is 38.8 Å². The van der Waals surface area contributed by atoms with E-state index in [-0.39, 0.29) is 49.2 Å². The van der Waals surface area contributed by atoms with Gasteiger partial charge in [-0.3, -0.25) is 22.9 Å². The summed E-state index contributed by atoms with van der Waals surface area (Å²) in [5.41, 5.74) is -6.95. The molecule has 7 N–H and O–H groups in total. The summed E-state index contributed by atoms with van der Waals surface area (Å²) in [4.78, 5) is 54.0. The molecule has 2 aromatic heterocycles. The van der Waals surface area contributed by atoms with Gasteiger partial charge in [0.2, 0.25) is 11.8 Å². The van der Waals surface area contributed by atoms with Gasteiger partial charge in [0.15, 0.2) is 12.5 Å². The predicted octanol–water partition coefficient (Wildman–Crippen LogP) is -0.556. The lowest BCUT2D eigenvalue weighted by Crippen LogP contribution is -2.36. The van der Waals surface area contributed by atoms with Crippen molar-refractivity contribution >= 4 is 47.9 Å². The molecule has 0 aromatic carbocycles. The van der Waals surface area contributed by atoms with E-state index in [2.05, 4.69) is 24.8 Å². The zero-order chi connectivity index (χ0) is 46.0. The normalized spacial score (nSPS) is 24.4. The number of hydrogen-bond acceptors (Lipinski definition) is 19. The van der Waals surface area contributed by atoms with Gasteiger partial charge in [-0.25, -0.2) is 9.59 Å². The lowest BCUT2D eigenvalue weighted by molar-refractivity contribution is -0.116. The minimum Gasteiger partial charge on any atom is -0.394 e. The molecule has 0 unspecified atom stereocenters. The number of hydrogen-bond donors (Lipinski definition) is 7. The van der Waals surface area contributed by atoms with Crippen LogP contribution in [0.25, 0.3) is 0 Å². The molecule has 2 fully saturated rings. The van der Waals surface area contributed by atoms with Gasteiger partial charge in [-0.15, -0.1) is 0 Å². The van der Waals surface area contributed by atoms with Crippen LogP contribution in [0.5, 0.6) is 0 Å². The van der Waals surface area contributed by atoms with E-state index in [1.54, 1.807) is 27.2 Å². The number of anilines is 2. The first-order valence-corrected chi connectivity index (χ1v) is 24.6. The van der Waals surface area contributed by atoms with Gasteiger partial charge in [-0.1, -0.05) is 13.8 Å². The molecule has 2 amide bonds. The molecule has 2 aromatic rings. The van der Waals surface area contributed by atoms with E-state index in [9.17, 15) is 70.3 Å². The van der Waals surface area contributed by atoms with Crippen molar-refractivity contribution in [3.05, 3.63) is 45.5 Å². The van der Waals surface area contributed by atoms with E-state index < -0.39 is 103 Å². The number of halogens is 3. The summed E-state index contributed by atoms with van der Waals surface area (Å²) in [7, 11) is -10.9. The number of carbonyl (C=O) groups excluding carboxylic acids is 2. The fraction of sp³-hybridized carbons (Fsp3) is 0.677. The number of rotatable bonds is 14. The van der Waals surface area contributed by atoms with Gasteiger partial charge in [0.1, 0.15) is 68.9 Å². The standard InChI is InChI=1S/C15H24N3O7P.C12H17N3O6.C4H8F3O4PS/c1-4-11(19)16-10-5-6-18(15(22)17-10)14-13(21)12(20)9(25-14)7-24-8-26(2,3)23;1-2-8(17)13-7-3-4-15(12(20)14-7)11-10(19)9(18)6(5-16)21-11;1-12(2,8)3-11-13(9,10)4(5,6)7/h5-6,9,12-14,20-21H,4,7-8H2,1-3H3,(H,16,17,19,22);3-4,6,9-11,16,18-19H,2,5H2,1H3,(H,13,14,17,20);3H2,1-2H3/t9-,12-,13+,14-;6-,9-,10+,11-;/m11./s1. The molecule has 2 saturated heterocycles. The second-order valence-electron chi connectivity index (χ2n) is 13.9. The first-order valence-electron chi connectivity index (χ1n) is 17.6. The zero-order valence-electron chi connectivity index (χ0n) is 33.0. The fourth-order valence-electron chi connectivity index (χ4n) is 4.67. The van der Waals surface area contributed by atoms with Crippen LogP contribution in [0.2, 0.25) is 0 Å². The van der Waals surface area contributed by atoms with Crippen LogP contribution in [0.15, 0.2) is 34.1 Å². The summed E-state index contributed by atoms with van der Waals surface area (Å²) in [6.07, 6.45) is -7.27. The lowest BCUT2D eigenvalue weighted by Gasteiger charge is -2.17. The molecule has 0 spiro atoms. The molecule has 0 aliphatic carbocycles. The third kappa shape index (κ3) is 15.8. The van der Waals surface area contributed by atoms with Gasteiger partial charge in [0, 0.05) is 25.2 Å². The SMILES string of the molecule is CCC(=O)Nc1ccn([C@@H]2O[C@H](CO)[C@@H](O)[C@@H]2O)c(=O)n1.CCC(=O)Nc1ccn([C@@H]2O[C@H](COCP(C)(C)=O)[C@@H](O)[C@@H]2O)c(=O)n1.CP(C)(=O)COS(=O)(=O)C(F)(F)F. The summed E-state index contributed by atoms with van der Waals surface area (Å²) < 4.78 is 99.3.